The molecule has 0 fully saturated rings. The third-order valence-corrected chi connectivity index (χ3v) is 2.53. The standard InChI is InChI=1S/C13H15N3O/c1-10-12(7-8-15-13(10)16-14)17-9-11-5-3-2-4-6-11/h2-8H,9,14H2,1H3,(H,15,16). The van der Waals surface area contributed by atoms with Crippen LogP contribution < -0.4 is 16.0 Å². The van der Waals surface area contributed by atoms with Crippen LogP contribution in [-0.2, 0) is 6.61 Å². The van der Waals surface area contributed by atoms with Gasteiger partial charge >= 0.3 is 0 Å². The van der Waals surface area contributed by atoms with Crippen LogP contribution >= 0.6 is 0 Å². The summed E-state index contributed by atoms with van der Waals surface area (Å²) in [5, 5.41) is 0. The zero-order chi connectivity index (χ0) is 12.1. The fourth-order valence-electron chi connectivity index (χ4n) is 1.56. The summed E-state index contributed by atoms with van der Waals surface area (Å²) in [4.78, 5) is 4.10. The molecule has 0 atom stereocenters. The monoisotopic (exact) mass is 229 g/mol. The van der Waals surface area contributed by atoms with E-state index in [1.165, 1.54) is 0 Å². The first-order chi connectivity index (χ1) is 8.31. The van der Waals surface area contributed by atoms with Crippen LogP contribution in [0.1, 0.15) is 11.1 Å². The average Bonchev–Trinajstić information content (AvgIpc) is 2.39. The molecule has 0 radical (unpaired) electrons. The maximum absolute atomic E-state index is 5.73. The topological polar surface area (TPSA) is 60.2 Å². The fraction of sp³-hybridized carbons (Fsp3) is 0.154. The molecular formula is C13H15N3O. The third kappa shape index (κ3) is 2.73. The van der Waals surface area contributed by atoms with Gasteiger partial charge < -0.3 is 10.2 Å². The van der Waals surface area contributed by atoms with E-state index < -0.39 is 0 Å². The molecule has 0 saturated heterocycles. The van der Waals surface area contributed by atoms with Crippen molar-refractivity contribution in [3.8, 4) is 5.75 Å². The van der Waals surface area contributed by atoms with Crippen molar-refractivity contribution in [3.63, 3.8) is 0 Å². The summed E-state index contributed by atoms with van der Waals surface area (Å²) in [6.45, 7) is 2.46. The van der Waals surface area contributed by atoms with Crippen molar-refractivity contribution in [2.45, 2.75) is 13.5 Å². The molecule has 3 N–H and O–H groups in total. The highest BCUT2D eigenvalue weighted by Gasteiger charge is 2.05. The van der Waals surface area contributed by atoms with Crippen molar-refractivity contribution in [3.05, 3.63) is 53.7 Å². The zero-order valence-corrected chi connectivity index (χ0v) is 9.68. The normalized spacial score (nSPS) is 10.0. The second-order valence-electron chi connectivity index (χ2n) is 3.70. The number of benzene rings is 1. The predicted molar refractivity (Wildman–Crippen MR) is 67.6 cm³/mol. The molecule has 1 aromatic heterocycles. The van der Waals surface area contributed by atoms with Gasteiger partial charge in [-0.1, -0.05) is 30.3 Å². The predicted octanol–water partition coefficient (Wildman–Crippen LogP) is 2.25. The average molecular weight is 229 g/mol. The van der Waals surface area contributed by atoms with Crippen molar-refractivity contribution >= 4 is 5.82 Å². The molecule has 88 valence electrons. The summed E-state index contributed by atoms with van der Waals surface area (Å²) in [5.41, 5.74) is 4.58. The Morgan fingerprint density at radius 2 is 2.00 bits per heavy atom. The molecule has 1 aromatic carbocycles. The summed E-state index contributed by atoms with van der Waals surface area (Å²) in [6.07, 6.45) is 1.67. The van der Waals surface area contributed by atoms with E-state index in [2.05, 4.69) is 10.4 Å². The van der Waals surface area contributed by atoms with Gasteiger partial charge in [0.15, 0.2) is 0 Å². The fourth-order valence-corrected chi connectivity index (χ4v) is 1.56. The lowest BCUT2D eigenvalue weighted by molar-refractivity contribution is 0.304. The largest absolute Gasteiger partial charge is 0.488 e. The minimum absolute atomic E-state index is 0.537. The van der Waals surface area contributed by atoms with E-state index in [1.807, 2.05) is 43.3 Å². The van der Waals surface area contributed by atoms with Gasteiger partial charge in [0.2, 0.25) is 0 Å². The third-order valence-electron chi connectivity index (χ3n) is 2.53. The van der Waals surface area contributed by atoms with Crippen LogP contribution in [0.3, 0.4) is 0 Å². The second-order valence-corrected chi connectivity index (χ2v) is 3.70. The van der Waals surface area contributed by atoms with E-state index in [-0.39, 0.29) is 0 Å². The number of nitrogens with two attached hydrogens (primary N) is 1. The van der Waals surface area contributed by atoms with Crippen LogP contribution in [-0.4, -0.2) is 4.98 Å². The first-order valence-electron chi connectivity index (χ1n) is 5.40. The lowest BCUT2D eigenvalue weighted by atomic mass is 10.2. The quantitative estimate of drug-likeness (QED) is 0.623. The van der Waals surface area contributed by atoms with Crippen molar-refractivity contribution < 1.29 is 4.74 Å². The van der Waals surface area contributed by atoms with Crippen LogP contribution in [0.15, 0.2) is 42.6 Å². The summed E-state index contributed by atoms with van der Waals surface area (Å²) in [5.74, 6) is 6.78. The number of aromatic nitrogens is 1. The van der Waals surface area contributed by atoms with E-state index in [1.54, 1.807) is 6.20 Å². The Bertz CT molecular complexity index is 485. The Kier molecular flexibility index (Phi) is 3.57. The molecule has 4 nitrogen and oxygen atoms in total. The SMILES string of the molecule is Cc1c(OCc2ccccc2)ccnc1NN. The zero-order valence-electron chi connectivity index (χ0n) is 9.68. The molecular weight excluding hydrogens is 214 g/mol. The van der Waals surface area contributed by atoms with Gasteiger partial charge in [-0.3, -0.25) is 0 Å². The molecule has 4 heteroatoms. The van der Waals surface area contributed by atoms with Crippen molar-refractivity contribution in [1.82, 2.24) is 4.98 Å². The van der Waals surface area contributed by atoms with Gasteiger partial charge in [0.25, 0.3) is 0 Å². The molecule has 0 amide bonds. The van der Waals surface area contributed by atoms with Crippen molar-refractivity contribution in [1.29, 1.82) is 0 Å². The highest BCUT2D eigenvalue weighted by atomic mass is 16.5. The van der Waals surface area contributed by atoms with Crippen LogP contribution in [0.4, 0.5) is 5.82 Å². The van der Waals surface area contributed by atoms with E-state index in [0.717, 1.165) is 16.9 Å². The van der Waals surface area contributed by atoms with Crippen LogP contribution in [0.5, 0.6) is 5.75 Å². The second kappa shape index (κ2) is 5.32. The van der Waals surface area contributed by atoms with Gasteiger partial charge in [0.05, 0.1) is 0 Å². The van der Waals surface area contributed by atoms with E-state index in [9.17, 15) is 0 Å². The van der Waals surface area contributed by atoms with Crippen LogP contribution in [0.2, 0.25) is 0 Å². The van der Waals surface area contributed by atoms with E-state index >= 15 is 0 Å². The molecule has 0 aliphatic carbocycles. The first-order valence-corrected chi connectivity index (χ1v) is 5.40. The number of nitrogens with one attached hydrogen (secondary N) is 1. The number of pyridine rings is 1. The summed E-state index contributed by atoms with van der Waals surface area (Å²) >= 11 is 0. The van der Waals surface area contributed by atoms with Crippen molar-refractivity contribution in [2.24, 2.45) is 5.84 Å². The lowest BCUT2D eigenvalue weighted by Crippen LogP contribution is -2.10. The Balaban J connectivity index is 2.09. The van der Waals surface area contributed by atoms with E-state index in [0.29, 0.717) is 12.4 Å². The Morgan fingerprint density at radius 1 is 1.24 bits per heavy atom. The number of ether oxygens (including phenoxy) is 1. The molecule has 0 aliphatic heterocycles. The Labute approximate surface area is 100 Å². The maximum Gasteiger partial charge on any atom is 0.146 e. The summed E-state index contributed by atoms with van der Waals surface area (Å²) in [6, 6.07) is 11.9. The molecule has 0 aliphatic rings. The number of anilines is 1. The number of hydrogen-bond acceptors (Lipinski definition) is 4. The number of hydrazine groups is 1. The number of rotatable bonds is 4. The first kappa shape index (κ1) is 11.4. The minimum Gasteiger partial charge on any atom is -0.488 e. The molecule has 1 heterocycles. The highest BCUT2D eigenvalue weighted by molar-refractivity contribution is 5.49. The number of nitrogens with zero attached hydrogens (tertiary/aromatic N) is 1. The molecule has 17 heavy (non-hydrogen) atoms. The van der Waals surface area contributed by atoms with Crippen LogP contribution in [0, 0.1) is 6.92 Å². The highest BCUT2D eigenvalue weighted by Crippen LogP contribution is 2.23. The Morgan fingerprint density at radius 3 is 2.71 bits per heavy atom. The minimum atomic E-state index is 0.537. The molecule has 2 aromatic rings. The summed E-state index contributed by atoms with van der Waals surface area (Å²) in [7, 11) is 0. The van der Waals surface area contributed by atoms with Gasteiger partial charge in [0.1, 0.15) is 18.2 Å². The number of nitrogen functional groups attached to an aromatic ring is 1. The smallest absolute Gasteiger partial charge is 0.146 e. The van der Waals surface area contributed by atoms with Gasteiger partial charge in [-0.25, -0.2) is 10.8 Å². The van der Waals surface area contributed by atoms with Gasteiger partial charge in [-0.15, -0.1) is 0 Å². The lowest BCUT2D eigenvalue weighted by Gasteiger charge is -2.11. The van der Waals surface area contributed by atoms with Gasteiger partial charge in [-0.05, 0) is 18.6 Å². The van der Waals surface area contributed by atoms with E-state index in [4.69, 9.17) is 10.6 Å². The molecule has 0 spiro atoms. The van der Waals surface area contributed by atoms with Gasteiger partial charge in [-0.2, -0.15) is 0 Å². The summed E-state index contributed by atoms with van der Waals surface area (Å²) < 4.78 is 5.73. The van der Waals surface area contributed by atoms with Crippen LogP contribution in [0.25, 0.3) is 0 Å². The molecule has 0 bridgehead atoms. The number of hydrogen-bond donors (Lipinski definition) is 2. The van der Waals surface area contributed by atoms with Crippen molar-refractivity contribution in [2.75, 3.05) is 5.43 Å². The molecule has 2 rings (SSSR count). The Hall–Kier alpha value is -2.07. The van der Waals surface area contributed by atoms with Gasteiger partial charge in [0, 0.05) is 11.8 Å². The molecule has 0 saturated carbocycles. The molecule has 0 unspecified atom stereocenters. The maximum atomic E-state index is 5.73.